The molecule has 1 aliphatic heterocycles. The van der Waals surface area contributed by atoms with Gasteiger partial charge in [-0.05, 0) is 58.3 Å². The molecule has 1 amide bonds. The summed E-state index contributed by atoms with van der Waals surface area (Å²) in [6.45, 7) is 12.2. The van der Waals surface area contributed by atoms with E-state index < -0.39 is 5.60 Å². The van der Waals surface area contributed by atoms with Crippen LogP contribution in [0.3, 0.4) is 0 Å². The maximum absolute atomic E-state index is 12.4. The van der Waals surface area contributed by atoms with Crippen molar-refractivity contribution in [3.05, 3.63) is 0 Å². The molecule has 1 heterocycles. The Balaban J connectivity index is 1.90. The zero-order valence-electron chi connectivity index (χ0n) is 15.8. The number of ether oxygens (including phenoxy) is 1. The lowest BCUT2D eigenvalue weighted by Gasteiger charge is -2.38. The van der Waals surface area contributed by atoms with Gasteiger partial charge in [0.1, 0.15) is 5.60 Å². The summed E-state index contributed by atoms with van der Waals surface area (Å²) in [7, 11) is 0. The molecule has 1 aliphatic carbocycles. The van der Waals surface area contributed by atoms with Gasteiger partial charge in [-0.3, -0.25) is 0 Å². The largest absolute Gasteiger partial charge is 0.444 e. The van der Waals surface area contributed by atoms with E-state index in [1.54, 1.807) is 0 Å². The van der Waals surface area contributed by atoms with Crippen LogP contribution in [0.15, 0.2) is 0 Å². The van der Waals surface area contributed by atoms with Crippen molar-refractivity contribution in [1.29, 1.82) is 0 Å². The minimum Gasteiger partial charge on any atom is -0.444 e. The Kier molecular flexibility index (Phi) is 5.99. The highest BCUT2D eigenvalue weighted by molar-refractivity contribution is 5.68. The van der Waals surface area contributed by atoms with Crippen LogP contribution in [0.25, 0.3) is 0 Å². The Morgan fingerprint density at radius 3 is 2.48 bits per heavy atom. The quantitative estimate of drug-likeness (QED) is 0.822. The molecule has 23 heavy (non-hydrogen) atoms. The average Bonchev–Trinajstić information content (AvgIpc) is 2.61. The van der Waals surface area contributed by atoms with Crippen LogP contribution >= 0.6 is 0 Å². The number of carbonyl (C=O) groups excluding carboxylic acids is 1. The average molecular weight is 325 g/mol. The molecule has 2 rings (SSSR count). The first kappa shape index (κ1) is 18.6. The fraction of sp³-hybridized carbons (Fsp3) is 0.947. The van der Waals surface area contributed by atoms with Crippen molar-refractivity contribution < 1.29 is 9.53 Å². The van der Waals surface area contributed by atoms with Crippen LogP contribution in [0.1, 0.15) is 79.6 Å². The molecule has 1 N–H and O–H groups in total. The second-order valence-electron chi connectivity index (χ2n) is 9.24. The van der Waals surface area contributed by atoms with Gasteiger partial charge in [0.2, 0.25) is 0 Å². The van der Waals surface area contributed by atoms with Gasteiger partial charge < -0.3 is 15.0 Å². The third-order valence-electron chi connectivity index (χ3n) is 5.00. The molecule has 2 aliphatic rings. The molecule has 0 bridgehead atoms. The minimum atomic E-state index is -0.417. The highest BCUT2D eigenvalue weighted by Crippen LogP contribution is 2.35. The van der Waals surface area contributed by atoms with Gasteiger partial charge in [-0.1, -0.05) is 26.7 Å². The first-order chi connectivity index (χ1) is 10.6. The Bertz CT molecular complexity index is 401. The van der Waals surface area contributed by atoms with E-state index in [0.717, 1.165) is 25.9 Å². The molecule has 1 saturated heterocycles. The summed E-state index contributed by atoms with van der Waals surface area (Å²) in [5.41, 5.74) is 0.0329. The maximum Gasteiger partial charge on any atom is 0.410 e. The highest BCUT2D eigenvalue weighted by atomic mass is 16.6. The molecule has 1 saturated carbocycles. The van der Waals surface area contributed by atoms with Gasteiger partial charge in [-0.2, -0.15) is 0 Å². The number of nitrogens with zero attached hydrogens (tertiary/aromatic N) is 1. The van der Waals surface area contributed by atoms with E-state index in [-0.39, 0.29) is 6.09 Å². The van der Waals surface area contributed by atoms with E-state index in [9.17, 15) is 4.79 Å². The number of nitrogens with one attached hydrogen (secondary N) is 1. The molecule has 0 aromatic carbocycles. The number of likely N-dealkylation sites (tertiary alicyclic amines) is 1. The smallest absolute Gasteiger partial charge is 0.410 e. The van der Waals surface area contributed by atoms with Gasteiger partial charge in [-0.25, -0.2) is 4.79 Å². The number of carbonyl (C=O) groups is 1. The van der Waals surface area contributed by atoms with Crippen molar-refractivity contribution in [2.75, 3.05) is 13.1 Å². The molecule has 2 atom stereocenters. The van der Waals surface area contributed by atoms with E-state index in [0.29, 0.717) is 17.5 Å². The van der Waals surface area contributed by atoms with Crippen molar-refractivity contribution in [3.8, 4) is 0 Å². The van der Waals surface area contributed by atoms with E-state index in [2.05, 4.69) is 19.2 Å². The van der Waals surface area contributed by atoms with Crippen LogP contribution in [-0.2, 0) is 4.74 Å². The molecule has 134 valence electrons. The number of hydrogen-bond donors (Lipinski definition) is 1. The summed E-state index contributed by atoms with van der Waals surface area (Å²) < 4.78 is 5.56. The Morgan fingerprint density at radius 2 is 1.83 bits per heavy atom. The van der Waals surface area contributed by atoms with Gasteiger partial charge >= 0.3 is 6.09 Å². The molecular formula is C19H36N2O2. The Morgan fingerprint density at radius 1 is 1.13 bits per heavy atom. The lowest BCUT2D eigenvalue weighted by atomic mass is 9.75. The third kappa shape index (κ3) is 6.33. The third-order valence-corrected chi connectivity index (χ3v) is 5.00. The highest BCUT2D eigenvalue weighted by Gasteiger charge is 2.31. The predicted octanol–water partition coefficient (Wildman–Crippen LogP) is 4.33. The molecule has 2 fully saturated rings. The van der Waals surface area contributed by atoms with Crippen LogP contribution < -0.4 is 5.32 Å². The lowest BCUT2D eigenvalue weighted by molar-refractivity contribution is 0.0238. The summed E-state index contributed by atoms with van der Waals surface area (Å²) in [6.07, 6.45) is 8.43. The maximum atomic E-state index is 12.4. The predicted molar refractivity (Wildman–Crippen MR) is 94.6 cm³/mol. The topological polar surface area (TPSA) is 41.6 Å². The van der Waals surface area contributed by atoms with E-state index in [1.165, 1.54) is 32.1 Å². The summed E-state index contributed by atoms with van der Waals surface area (Å²) in [5.74, 6) is 0. The van der Waals surface area contributed by atoms with E-state index in [4.69, 9.17) is 4.74 Å². The monoisotopic (exact) mass is 324 g/mol. The Hall–Kier alpha value is -0.770. The SMILES string of the molecule is CC1(C)CCCC(NC2CCCCN(C(=O)OC(C)(C)C)C2)C1. The number of rotatable bonds is 2. The van der Waals surface area contributed by atoms with Crippen LogP contribution in [0, 0.1) is 5.41 Å². The normalized spacial score (nSPS) is 29.0. The summed E-state index contributed by atoms with van der Waals surface area (Å²) >= 11 is 0. The lowest BCUT2D eigenvalue weighted by Crippen LogP contribution is -2.49. The van der Waals surface area contributed by atoms with E-state index in [1.807, 2.05) is 25.7 Å². The zero-order valence-corrected chi connectivity index (χ0v) is 15.8. The number of amides is 1. The number of hydrogen-bond acceptors (Lipinski definition) is 3. The van der Waals surface area contributed by atoms with Gasteiger partial charge in [0.15, 0.2) is 0 Å². The molecular weight excluding hydrogens is 288 g/mol. The fourth-order valence-corrected chi connectivity index (χ4v) is 3.94. The van der Waals surface area contributed by atoms with Crippen molar-refractivity contribution >= 4 is 6.09 Å². The van der Waals surface area contributed by atoms with E-state index >= 15 is 0 Å². The minimum absolute atomic E-state index is 0.157. The first-order valence-corrected chi connectivity index (χ1v) is 9.39. The van der Waals surface area contributed by atoms with Crippen molar-refractivity contribution in [3.63, 3.8) is 0 Å². The molecule has 0 radical (unpaired) electrons. The van der Waals surface area contributed by atoms with Crippen LogP contribution in [-0.4, -0.2) is 41.8 Å². The molecule has 2 unspecified atom stereocenters. The van der Waals surface area contributed by atoms with Crippen molar-refractivity contribution in [2.45, 2.75) is 97.2 Å². The second kappa shape index (κ2) is 7.42. The molecule has 0 aromatic heterocycles. The summed E-state index contributed by atoms with van der Waals surface area (Å²) in [4.78, 5) is 14.3. The molecule has 0 spiro atoms. The Labute approximate surface area is 142 Å². The molecule has 4 heteroatoms. The summed E-state index contributed by atoms with van der Waals surface area (Å²) in [6, 6.07) is 1.01. The van der Waals surface area contributed by atoms with Gasteiger partial charge in [-0.15, -0.1) is 0 Å². The van der Waals surface area contributed by atoms with Crippen LogP contribution in [0.4, 0.5) is 4.79 Å². The van der Waals surface area contributed by atoms with Gasteiger partial charge in [0.05, 0.1) is 0 Å². The first-order valence-electron chi connectivity index (χ1n) is 9.39. The zero-order chi connectivity index (χ0) is 17.1. The van der Waals surface area contributed by atoms with Crippen molar-refractivity contribution in [1.82, 2.24) is 10.2 Å². The van der Waals surface area contributed by atoms with Crippen LogP contribution in [0.2, 0.25) is 0 Å². The van der Waals surface area contributed by atoms with Crippen molar-refractivity contribution in [2.24, 2.45) is 5.41 Å². The van der Waals surface area contributed by atoms with Crippen LogP contribution in [0.5, 0.6) is 0 Å². The second-order valence-corrected chi connectivity index (χ2v) is 9.24. The molecule has 0 aromatic rings. The standard InChI is InChI=1S/C19H36N2O2/c1-18(2,3)23-17(22)21-12-7-6-9-16(14-21)20-15-10-8-11-19(4,5)13-15/h15-16,20H,6-14H2,1-5H3. The molecule has 4 nitrogen and oxygen atoms in total. The van der Waals surface area contributed by atoms with Gasteiger partial charge in [0.25, 0.3) is 0 Å². The van der Waals surface area contributed by atoms with Gasteiger partial charge in [0, 0.05) is 25.2 Å². The summed E-state index contributed by atoms with van der Waals surface area (Å²) in [5, 5.41) is 3.85. The fourth-order valence-electron chi connectivity index (χ4n) is 3.94.